The summed E-state index contributed by atoms with van der Waals surface area (Å²) < 4.78 is 18.6. The zero-order valence-electron chi connectivity index (χ0n) is 15.1. The van der Waals surface area contributed by atoms with Crippen molar-refractivity contribution in [3.63, 3.8) is 0 Å². The summed E-state index contributed by atoms with van der Waals surface area (Å²) in [4.78, 5) is 28.8. The van der Waals surface area contributed by atoms with Crippen molar-refractivity contribution in [1.82, 2.24) is 9.80 Å². The van der Waals surface area contributed by atoms with Crippen molar-refractivity contribution >= 4 is 11.8 Å². The average Bonchev–Trinajstić information content (AvgIpc) is 3.21. The second-order valence-corrected chi connectivity index (χ2v) is 7.35. The van der Waals surface area contributed by atoms with Crippen LogP contribution in [0, 0.1) is 11.7 Å². The maximum absolute atomic E-state index is 13.4. The lowest BCUT2D eigenvalue weighted by Crippen LogP contribution is -2.57. The molecule has 5 nitrogen and oxygen atoms in total. The minimum absolute atomic E-state index is 0.0818. The van der Waals surface area contributed by atoms with Gasteiger partial charge in [0.15, 0.2) is 5.76 Å². The summed E-state index contributed by atoms with van der Waals surface area (Å²) >= 11 is 0. The topological polar surface area (TPSA) is 53.8 Å². The minimum atomic E-state index is -0.250. The van der Waals surface area contributed by atoms with Gasteiger partial charge in [-0.05, 0) is 55.0 Å². The summed E-state index contributed by atoms with van der Waals surface area (Å²) in [7, 11) is 0. The highest BCUT2D eigenvalue weighted by Gasteiger charge is 2.40. The Hall–Kier alpha value is -2.63. The van der Waals surface area contributed by atoms with Crippen LogP contribution in [0.3, 0.4) is 0 Å². The molecular formula is C21H23FN2O3. The number of amides is 2. The van der Waals surface area contributed by atoms with Crippen molar-refractivity contribution in [2.75, 3.05) is 19.6 Å². The summed E-state index contributed by atoms with van der Waals surface area (Å²) in [6.07, 6.45) is 4.23. The van der Waals surface area contributed by atoms with Gasteiger partial charge in [-0.1, -0.05) is 12.1 Å². The van der Waals surface area contributed by atoms with Crippen molar-refractivity contribution in [3.8, 4) is 0 Å². The van der Waals surface area contributed by atoms with Crippen molar-refractivity contribution in [1.29, 1.82) is 0 Å². The maximum Gasteiger partial charge on any atom is 0.289 e. The van der Waals surface area contributed by atoms with Gasteiger partial charge in [0.2, 0.25) is 5.91 Å². The summed E-state index contributed by atoms with van der Waals surface area (Å²) in [6, 6.07) is 10.1. The number of benzene rings is 1. The lowest BCUT2D eigenvalue weighted by Gasteiger charge is -2.47. The Labute approximate surface area is 157 Å². The highest BCUT2D eigenvalue weighted by atomic mass is 19.1. The summed E-state index contributed by atoms with van der Waals surface area (Å²) in [6.45, 7) is 1.86. The highest BCUT2D eigenvalue weighted by molar-refractivity contribution is 5.91. The molecule has 2 aliphatic rings. The third-order valence-electron chi connectivity index (χ3n) is 5.69. The molecule has 142 valence electrons. The smallest absolute Gasteiger partial charge is 0.289 e. The fourth-order valence-electron chi connectivity index (χ4n) is 4.32. The van der Waals surface area contributed by atoms with Crippen LogP contribution in [-0.2, 0) is 11.2 Å². The molecule has 2 amide bonds. The third kappa shape index (κ3) is 3.75. The Morgan fingerprint density at radius 3 is 2.89 bits per heavy atom. The van der Waals surface area contributed by atoms with Crippen LogP contribution in [0.1, 0.15) is 35.4 Å². The van der Waals surface area contributed by atoms with Gasteiger partial charge in [-0.3, -0.25) is 9.59 Å². The molecule has 27 heavy (non-hydrogen) atoms. The van der Waals surface area contributed by atoms with E-state index in [1.54, 1.807) is 18.2 Å². The van der Waals surface area contributed by atoms with Gasteiger partial charge in [-0.25, -0.2) is 4.39 Å². The SMILES string of the molecule is O=C(c1ccco1)N1CC[C@H]2[C@H](CCC(=O)N2CCc2cccc(F)c2)C1. The number of hydrogen-bond acceptors (Lipinski definition) is 3. The Balaban J connectivity index is 1.41. The first-order chi connectivity index (χ1) is 13.1. The predicted molar refractivity (Wildman–Crippen MR) is 97.6 cm³/mol. The molecule has 4 rings (SSSR count). The van der Waals surface area contributed by atoms with E-state index in [2.05, 4.69) is 0 Å². The lowest BCUT2D eigenvalue weighted by atomic mass is 9.83. The minimum Gasteiger partial charge on any atom is -0.459 e. The molecule has 0 aliphatic carbocycles. The predicted octanol–water partition coefficient (Wildman–Crippen LogP) is 3.11. The number of fused-ring (bicyclic) bond motifs is 1. The molecule has 2 atom stereocenters. The number of carbonyl (C=O) groups excluding carboxylic acids is 2. The van der Waals surface area contributed by atoms with E-state index in [0.29, 0.717) is 38.2 Å². The van der Waals surface area contributed by atoms with Crippen molar-refractivity contribution < 1.29 is 18.4 Å². The Morgan fingerprint density at radius 2 is 2.11 bits per heavy atom. The molecular weight excluding hydrogens is 347 g/mol. The largest absolute Gasteiger partial charge is 0.459 e. The Morgan fingerprint density at radius 1 is 1.22 bits per heavy atom. The van der Waals surface area contributed by atoms with Crippen LogP contribution in [0.25, 0.3) is 0 Å². The molecule has 2 fully saturated rings. The third-order valence-corrected chi connectivity index (χ3v) is 5.69. The van der Waals surface area contributed by atoms with Gasteiger partial charge in [0.05, 0.1) is 6.26 Å². The number of furan rings is 1. The second kappa shape index (κ2) is 7.55. The summed E-state index contributed by atoms with van der Waals surface area (Å²) in [5, 5.41) is 0. The molecule has 0 bridgehead atoms. The first-order valence-electron chi connectivity index (χ1n) is 9.48. The van der Waals surface area contributed by atoms with Crippen LogP contribution < -0.4 is 0 Å². The molecule has 1 aromatic carbocycles. The standard InChI is InChI=1S/C21H23FN2O3/c22-17-4-1-3-15(13-17)8-11-24-18-9-10-23(14-16(18)6-7-20(24)25)21(26)19-5-2-12-27-19/h1-5,12-13,16,18H,6-11,14H2/t16-,18+/m1/s1. The van der Waals surface area contributed by atoms with Gasteiger partial charge in [0, 0.05) is 32.1 Å². The van der Waals surface area contributed by atoms with Crippen LogP contribution in [-0.4, -0.2) is 47.3 Å². The number of likely N-dealkylation sites (tertiary alicyclic amines) is 2. The van der Waals surface area contributed by atoms with Gasteiger partial charge >= 0.3 is 0 Å². The van der Waals surface area contributed by atoms with E-state index in [-0.39, 0.29) is 29.6 Å². The van der Waals surface area contributed by atoms with Gasteiger partial charge in [0.1, 0.15) is 5.82 Å². The van der Waals surface area contributed by atoms with E-state index >= 15 is 0 Å². The molecule has 0 unspecified atom stereocenters. The van der Waals surface area contributed by atoms with Crippen molar-refractivity contribution in [2.45, 2.75) is 31.7 Å². The van der Waals surface area contributed by atoms with Crippen LogP contribution in [0.5, 0.6) is 0 Å². The van der Waals surface area contributed by atoms with Gasteiger partial charge < -0.3 is 14.2 Å². The first-order valence-corrected chi connectivity index (χ1v) is 9.48. The highest BCUT2D eigenvalue weighted by Crippen LogP contribution is 2.32. The molecule has 2 aliphatic heterocycles. The number of rotatable bonds is 4. The molecule has 0 saturated carbocycles. The molecule has 3 heterocycles. The number of piperidine rings is 2. The van der Waals surface area contributed by atoms with Crippen LogP contribution in [0.4, 0.5) is 4.39 Å². The van der Waals surface area contributed by atoms with Crippen LogP contribution >= 0.6 is 0 Å². The van der Waals surface area contributed by atoms with Gasteiger partial charge in [0.25, 0.3) is 5.91 Å². The quantitative estimate of drug-likeness (QED) is 0.831. The molecule has 6 heteroatoms. The van der Waals surface area contributed by atoms with E-state index < -0.39 is 0 Å². The lowest BCUT2D eigenvalue weighted by molar-refractivity contribution is -0.140. The molecule has 2 aromatic rings. The second-order valence-electron chi connectivity index (χ2n) is 7.35. The number of hydrogen-bond donors (Lipinski definition) is 0. The van der Waals surface area contributed by atoms with Crippen molar-refractivity contribution in [2.24, 2.45) is 5.92 Å². The normalized spacial score (nSPS) is 22.6. The van der Waals surface area contributed by atoms with Crippen LogP contribution in [0.2, 0.25) is 0 Å². The zero-order chi connectivity index (χ0) is 18.8. The average molecular weight is 370 g/mol. The van der Waals surface area contributed by atoms with Crippen LogP contribution in [0.15, 0.2) is 47.1 Å². The fraction of sp³-hybridized carbons (Fsp3) is 0.429. The van der Waals surface area contributed by atoms with E-state index in [4.69, 9.17) is 4.42 Å². The summed E-state index contributed by atoms with van der Waals surface area (Å²) in [5.41, 5.74) is 0.898. The van der Waals surface area contributed by atoms with Crippen molar-refractivity contribution in [3.05, 3.63) is 59.8 Å². The van der Waals surface area contributed by atoms with Gasteiger partial charge in [-0.15, -0.1) is 0 Å². The van der Waals surface area contributed by atoms with Gasteiger partial charge in [-0.2, -0.15) is 0 Å². The monoisotopic (exact) mass is 370 g/mol. The van der Waals surface area contributed by atoms with E-state index in [1.807, 2.05) is 15.9 Å². The molecule has 0 spiro atoms. The molecule has 1 aromatic heterocycles. The Kier molecular flexibility index (Phi) is 4.97. The van der Waals surface area contributed by atoms with E-state index in [9.17, 15) is 14.0 Å². The van der Waals surface area contributed by atoms with E-state index in [1.165, 1.54) is 18.4 Å². The molecule has 2 saturated heterocycles. The number of nitrogens with zero attached hydrogens (tertiary/aromatic N) is 2. The number of carbonyl (C=O) groups is 2. The first kappa shape index (κ1) is 17.8. The zero-order valence-corrected chi connectivity index (χ0v) is 15.1. The molecule has 0 N–H and O–H groups in total. The fourth-order valence-corrected chi connectivity index (χ4v) is 4.32. The summed E-state index contributed by atoms with van der Waals surface area (Å²) in [5.74, 6) is 0.478. The molecule has 0 radical (unpaired) electrons. The van der Waals surface area contributed by atoms with E-state index in [0.717, 1.165) is 18.4 Å². The number of halogens is 1. The Bertz CT molecular complexity index is 821. The maximum atomic E-state index is 13.4.